The molecule has 0 saturated heterocycles. The van der Waals surface area contributed by atoms with E-state index in [4.69, 9.17) is 5.11 Å². The number of rotatable bonds is 2. The predicted molar refractivity (Wildman–Crippen MR) is 43.0 cm³/mol. The van der Waals surface area contributed by atoms with Gasteiger partial charge in [-0.1, -0.05) is 6.42 Å². The van der Waals surface area contributed by atoms with Gasteiger partial charge in [-0.3, -0.25) is 9.59 Å². The summed E-state index contributed by atoms with van der Waals surface area (Å²) in [5, 5.41) is 9.01. The molecule has 1 spiro atoms. The third kappa shape index (κ3) is 0.759. The Hall–Kier alpha value is -1.06. The first-order valence-corrected chi connectivity index (χ1v) is 4.41. The second-order valence-electron chi connectivity index (χ2n) is 4.01. The standard InChI is InChI=1S/C9H12O4/c1-13-7(12)9(6(10)11)5-8(9)3-2-4-8/h2-5H2,1H3,(H,10,11). The van der Waals surface area contributed by atoms with E-state index in [1.807, 2.05) is 0 Å². The maximum absolute atomic E-state index is 11.3. The van der Waals surface area contributed by atoms with E-state index in [-0.39, 0.29) is 5.41 Å². The summed E-state index contributed by atoms with van der Waals surface area (Å²) in [6.07, 6.45) is 3.22. The van der Waals surface area contributed by atoms with E-state index in [1.165, 1.54) is 7.11 Å². The number of hydrogen-bond acceptors (Lipinski definition) is 3. The molecule has 2 aliphatic carbocycles. The van der Waals surface area contributed by atoms with E-state index in [9.17, 15) is 9.59 Å². The van der Waals surface area contributed by atoms with Crippen LogP contribution < -0.4 is 0 Å². The molecule has 2 saturated carbocycles. The van der Waals surface area contributed by atoms with Crippen molar-refractivity contribution in [2.45, 2.75) is 25.7 Å². The van der Waals surface area contributed by atoms with Gasteiger partial charge in [-0.05, 0) is 24.7 Å². The fourth-order valence-corrected chi connectivity index (χ4v) is 2.52. The zero-order valence-corrected chi connectivity index (χ0v) is 7.50. The Kier molecular flexibility index (Phi) is 1.47. The smallest absolute Gasteiger partial charge is 0.323 e. The molecule has 1 N–H and O–H groups in total. The van der Waals surface area contributed by atoms with E-state index in [1.54, 1.807) is 0 Å². The molecule has 1 unspecified atom stereocenters. The summed E-state index contributed by atoms with van der Waals surface area (Å²) in [6.45, 7) is 0. The third-order valence-electron chi connectivity index (χ3n) is 3.59. The molecule has 4 heteroatoms. The number of carbonyl (C=O) groups excluding carboxylic acids is 1. The molecule has 0 aliphatic heterocycles. The van der Waals surface area contributed by atoms with Gasteiger partial charge in [0.1, 0.15) is 0 Å². The van der Waals surface area contributed by atoms with Crippen molar-refractivity contribution >= 4 is 11.9 Å². The van der Waals surface area contributed by atoms with Gasteiger partial charge in [0.25, 0.3) is 0 Å². The van der Waals surface area contributed by atoms with Crippen LogP contribution >= 0.6 is 0 Å². The lowest BCUT2D eigenvalue weighted by Crippen LogP contribution is -2.36. The molecule has 72 valence electrons. The van der Waals surface area contributed by atoms with E-state index in [0.29, 0.717) is 6.42 Å². The van der Waals surface area contributed by atoms with Crippen LogP contribution in [0, 0.1) is 10.8 Å². The molecule has 0 radical (unpaired) electrons. The second-order valence-corrected chi connectivity index (χ2v) is 4.01. The lowest BCUT2D eigenvalue weighted by atomic mass is 9.75. The molecule has 2 aliphatic rings. The summed E-state index contributed by atoms with van der Waals surface area (Å²) < 4.78 is 4.55. The predicted octanol–water partition coefficient (Wildman–Crippen LogP) is 0.804. The number of ether oxygens (including phenoxy) is 1. The van der Waals surface area contributed by atoms with Gasteiger partial charge in [-0.15, -0.1) is 0 Å². The fraction of sp³-hybridized carbons (Fsp3) is 0.778. The Morgan fingerprint density at radius 3 is 2.23 bits per heavy atom. The van der Waals surface area contributed by atoms with Gasteiger partial charge in [-0.2, -0.15) is 0 Å². The van der Waals surface area contributed by atoms with Crippen molar-refractivity contribution in [1.29, 1.82) is 0 Å². The maximum atomic E-state index is 11.3. The summed E-state index contributed by atoms with van der Waals surface area (Å²) >= 11 is 0. The number of aliphatic carboxylic acids is 1. The highest BCUT2D eigenvalue weighted by atomic mass is 16.5. The SMILES string of the molecule is COC(=O)C1(C(=O)O)CC12CCC2. The Morgan fingerprint density at radius 1 is 1.38 bits per heavy atom. The molecule has 0 aromatic carbocycles. The average Bonchev–Trinajstić information content (AvgIpc) is 2.73. The van der Waals surface area contributed by atoms with Gasteiger partial charge in [0.15, 0.2) is 5.41 Å². The minimum Gasteiger partial charge on any atom is -0.480 e. The Balaban J connectivity index is 2.26. The maximum Gasteiger partial charge on any atom is 0.323 e. The molecule has 0 aromatic heterocycles. The summed E-state index contributed by atoms with van der Waals surface area (Å²) in [7, 11) is 1.25. The second kappa shape index (κ2) is 2.25. The molecule has 2 fully saturated rings. The molecular formula is C9H12O4. The van der Waals surface area contributed by atoms with Gasteiger partial charge >= 0.3 is 11.9 Å². The molecule has 1 atom stereocenters. The van der Waals surface area contributed by atoms with Crippen LogP contribution in [0.2, 0.25) is 0 Å². The largest absolute Gasteiger partial charge is 0.480 e. The first kappa shape index (κ1) is 8.53. The normalized spacial score (nSPS) is 33.6. The summed E-state index contributed by atoms with van der Waals surface area (Å²) in [5.41, 5.74) is -1.44. The Bertz CT molecular complexity index is 279. The summed E-state index contributed by atoms with van der Waals surface area (Å²) in [4.78, 5) is 22.3. The van der Waals surface area contributed by atoms with Crippen molar-refractivity contribution in [3.8, 4) is 0 Å². The Labute approximate surface area is 75.9 Å². The van der Waals surface area contributed by atoms with Gasteiger partial charge in [0.05, 0.1) is 7.11 Å². The van der Waals surface area contributed by atoms with E-state index in [2.05, 4.69) is 4.74 Å². The number of esters is 1. The number of methoxy groups -OCH3 is 1. The van der Waals surface area contributed by atoms with Crippen LogP contribution in [0.1, 0.15) is 25.7 Å². The summed E-state index contributed by atoms with van der Waals surface area (Å²) in [6, 6.07) is 0. The number of carbonyl (C=O) groups is 2. The van der Waals surface area contributed by atoms with Crippen LogP contribution in [0.5, 0.6) is 0 Å². The van der Waals surface area contributed by atoms with Crippen molar-refractivity contribution in [1.82, 2.24) is 0 Å². The van der Waals surface area contributed by atoms with Crippen LogP contribution in [0.3, 0.4) is 0 Å². The van der Waals surface area contributed by atoms with Crippen LogP contribution in [0.4, 0.5) is 0 Å². The third-order valence-corrected chi connectivity index (χ3v) is 3.59. The van der Waals surface area contributed by atoms with Crippen molar-refractivity contribution in [2.24, 2.45) is 10.8 Å². The summed E-state index contributed by atoms with van der Waals surface area (Å²) in [5.74, 6) is -1.58. The zero-order chi connectivity index (χ0) is 9.69. The van der Waals surface area contributed by atoms with Gasteiger partial charge < -0.3 is 9.84 Å². The average molecular weight is 184 g/mol. The molecular weight excluding hydrogens is 172 g/mol. The number of carboxylic acids is 1. The molecule has 0 aromatic rings. The Morgan fingerprint density at radius 2 is 2.00 bits per heavy atom. The topological polar surface area (TPSA) is 63.6 Å². The molecule has 4 nitrogen and oxygen atoms in total. The van der Waals surface area contributed by atoms with Gasteiger partial charge in [-0.25, -0.2) is 0 Å². The highest BCUT2D eigenvalue weighted by molar-refractivity contribution is 6.04. The minimum absolute atomic E-state index is 0.244. The van der Waals surface area contributed by atoms with Crippen LogP contribution in [-0.4, -0.2) is 24.2 Å². The van der Waals surface area contributed by atoms with Gasteiger partial charge in [0.2, 0.25) is 0 Å². The number of carboxylic acid groups (broad SMARTS) is 1. The molecule has 2 rings (SSSR count). The van der Waals surface area contributed by atoms with Crippen molar-refractivity contribution < 1.29 is 19.4 Å². The molecule has 0 bridgehead atoms. The highest BCUT2D eigenvalue weighted by Gasteiger charge is 2.79. The quantitative estimate of drug-likeness (QED) is 0.509. The lowest BCUT2D eigenvalue weighted by molar-refractivity contribution is -0.162. The van der Waals surface area contributed by atoms with Crippen molar-refractivity contribution in [3.63, 3.8) is 0 Å². The van der Waals surface area contributed by atoms with E-state index in [0.717, 1.165) is 19.3 Å². The first-order chi connectivity index (χ1) is 6.09. The lowest BCUT2D eigenvalue weighted by Gasteiger charge is -2.29. The monoisotopic (exact) mass is 184 g/mol. The van der Waals surface area contributed by atoms with Crippen LogP contribution in [0.15, 0.2) is 0 Å². The first-order valence-electron chi connectivity index (χ1n) is 4.41. The molecule has 0 heterocycles. The zero-order valence-electron chi connectivity index (χ0n) is 7.50. The van der Waals surface area contributed by atoms with Gasteiger partial charge in [0, 0.05) is 0 Å². The van der Waals surface area contributed by atoms with Crippen molar-refractivity contribution in [2.75, 3.05) is 7.11 Å². The van der Waals surface area contributed by atoms with Crippen molar-refractivity contribution in [3.05, 3.63) is 0 Å². The highest BCUT2D eigenvalue weighted by Crippen LogP contribution is 2.74. The van der Waals surface area contributed by atoms with E-state index < -0.39 is 17.4 Å². The minimum atomic E-state index is -1.19. The fourth-order valence-electron chi connectivity index (χ4n) is 2.52. The molecule has 13 heavy (non-hydrogen) atoms. The van der Waals surface area contributed by atoms with Crippen LogP contribution in [0.25, 0.3) is 0 Å². The van der Waals surface area contributed by atoms with E-state index >= 15 is 0 Å². The van der Waals surface area contributed by atoms with Crippen LogP contribution in [-0.2, 0) is 14.3 Å². The molecule has 0 amide bonds. The number of hydrogen-bond donors (Lipinski definition) is 1.